The number of hydrogen-bond acceptors (Lipinski definition) is 3. The summed E-state index contributed by atoms with van der Waals surface area (Å²) in [7, 11) is -2.33. The molecule has 0 saturated heterocycles. The maximum atomic E-state index is 12.5. The van der Waals surface area contributed by atoms with Crippen molar-refractivity contribution < 1.29 is 18.1 Å². The fraction of sp³-hybridized carbons (Fsp3) is 0.350. The number of quaternary nitrogens is 1. The van der Waals surface area contributed by atoms with Crippen LogP contribution in [0.15, 0.2) is 47.4 Å². The molecular weight excluding hydrogens is 398 g/mol. The second-order valence-electron chi connectivity index (χ2n) is 6.48. The maximum absolute atomic E-state index is 12.5. The van der Waals surface area contributed by atoms with Crippen LogP contribution in [0.4, 0.5) is 0 Å². The zero-order valence-electron chi connectivity index (χ0n) is 16.4. The minimum absolute atomic E-state index is 0.00666. The number of amides is 1. The Morgan fingerprint density at radius 1 is 1.04 bits per heavy atom. The predicted molar refractivity (Wildman–Crippen MR) is 111 cm³/mol. The third-order valence-electron chi connectivity index (χ3n) is 4.69. The van der Waals surface area contributed by atoms with Gasteiger partial charge in [-0.3, -0.25) is 4.79 Å². The van der Waals surface area contributed by atoms with Crippen LogP contribution < -0.4 is 14.9 Å². The Hall–Kier alpha value is -1.93. The molecule has 0 bridgehead atoms. The predicted octanol–water partition coefficient (Wildman–Crippen LogP) is 1.60. The second-order valence-corrected chi connectivity index (χ2v) is 8.78. The summed E-state index contributed by atoms with van der Waals surface area (Å²) >= 11 is 6.08. The summed E-state index contributed by atoms with van der Waals surface area (Å²) in [5, 5.41) is 2.99. The summed E-state index contributed by atoms with van der Waals surface area (Å²) in [6.07, 6.45) is 0. The number of halogens is 1. The van der Waals surface area contributed by atoms with Crippen LogP contribution in [0.1, 0.15) is 35.3 Å². The van der Waals surface area contributed by atoms with Crippen molar-refractivity contribution in [3.63, 3.8) is 0 Å². The van der Waals surface area contributed by atoms with Crippen LogP contribution in [0.25, 0.3) is 0 Å². The van der Waals surface area contributed by atoms with Crippen molar-refractivity contribution in [2.24, 2.45) is 0 Å². The first kappa shape index (κ1) is 22.4. The van der Waals surface area contributed by atoms with E-state index in [1.54, 1.807) is 0 Å². The number of hydrogen-bond donors (Lipinski definition) is 3. The summed E-state index contributed by atoms with van der Waals surface area (Å²) in [4.78, 5) is 14.0. The highest BCUT2D eigenvalue weighted by Crippen LogP contribution is 2.20. The molecule has 0 spiro atoms. The molecule has 0 aliphatic rings. The number of nitrogens with one attached hydrogen (secondary N) is 3. The molecule has 1 amide bonds. The van der Waals surface area contributed by atoms with Crippen LogP contribution in [0.2, 0.25) is 5.02 Å². The molecule has 28 heavy (non-hydrogen) atoms. The fourth-order valence-electron chi connectivity index (χ4n) is 2.80. The lowest BCUT2D eigenvalue weighted by Gasteiger charge is -2.15. The minimum Gasteiger partial charge on any atom is -0.348 e. The Balaban J connectivity index is 2.05. The fourth-order valence-corrected chi connectivity index (χ4v) is 3.76. The normalized spacial score (nSPS) is 11.6. The van der Waals surface area contributed by atoms with E-state index in [1.807, 2.05) is 12.1 Å². The van der Waals surface area contributed by atoms with Gasteiger partial charge in [-0.1, -0.05) is 35.9 Å². The average molecular weight is 425 g/mol. The van der Waals surface area contributed by atoms with Gasteiger partial charge in [-0.05, 0) is 44.7 Å². The first-order valence-electron chi connectivity index (χ1n) is 9.23. The monoisotopic (exact) mass is 424 g/mol. The van der Waals surface area contributed by atoms with E-state index in [1.165, 1.54) is 35.7 Å². The van der Waals surface area contributed by atoms with Gasteiger partial charge in [0.15, 0.2) is 0 Å². The SMILES string of the molecule is CC[NH+](CC)Cc1ccc(CNC(=O)c2cc(S(=O)(=O)NC)ccc2Cl)cc1. The average Bonchev–Trinajstić information content (AvgIpc) is 2.71. The zero-order chi connectivity index (χ0) is 20.7. The van der Waals surface area contributed by atoms with Gasteiger partial charge in [-0.15, -0.1) is 0 Å². The summed E-state index contributed by atoms with van der Waals surface area (Å²) in [6, 6.07) is 12.2. The van der Waals surface area contributed by atoms with E-state index < -0.39 is 15.9 Å². The van der Waals surface area contributed by atoms with Crippen molar-refractivity contribution in [2.75, 3.05) is 20.1 Å². The van der Waals surface area contributed by atoms with E-state index in [9.17, 15) is 13.2 Å². The first-order valence-corrected chi connectivity index (χ1v) is 11.1. The topological polar surface area (TPSA) is 79.7 Å². The van der Waals surface area contributed by atoms with Crippen LogP contribution in [0.3, 0.4) is 0 Å². The van der Waals surface area contributed by atoms with Crippen LogP contribution in [0, 0.1) is 0 Å². The molecule has 0 aliphatic heterocycles. The molecule has 152 valence electrons. The van der Waals surface area contributed by atoms with Crippen molar-refractivity contribution in [3.8, 4) is 0 Å². The molecule has 0 atom stereocenters. The van der Waals surface area contributed by atoms with E-state index in [4.69, 9.17) is 11.6 Å². The van der Waals surface area contributed by atoms with Gasteiger partial charge in [0.2, 0.25) is 10.0 Å². The Kier molecular flexibility index (Phi) is 8.00. The number of carbonyl (C=O) groups is 1. The third kappa shape index (κ3) is 5.78. The lowest BCUT2D eigenvalue weighted by molar-refractivity contribution is -0.910. The molecule has 0 aliphatic carbocycles. The summed E-state index contributed by atoms with van der Waals surface area (Å²) in [5.74, 6) is -0.421. The van der Waals surface area contributed by atoms with Gasteiger partial charge >= 0.3 is 0 Å². The molecule has 8 heteroatoms. The van der Waals surface area contributed by atoms with Gasteiger partial charge in [-0.2, -0.15) is 0 Å². The second kappa shape index (κ2) is 10.0. The largest absolute Gasteiger partial charge is 0.348 e. The highest BCUT2D eigenvalue weighted by atomic mass is 35.5. The molecular formula is C20H27ClN3O3S+. The molecule has 2 rings (SSSR count). The van der Waals surface area contributed by atoms with Crippen molar-refractivity contribution >= 4 is 27.5 Å². The molecule has 2 aromatic rings. The van der Waals surface area contributed by atoms with Crippen molar-refractivity contribution in [2.45, 2.75) is 31.8 Å². The van der Waals surface area contributed by atoms with Gasteiger partial charge < -0.3 is 10.2 Å². The van der Waals surface area contributed by atoms with Crippen LogP contribution in [-0.4, -0.2) is 34.5 Å². The van der Waals surface area contributed by atoms with Crippen LogP contribution in [0.5, 0.6) is 0 Å². The molecule has 0 unspecified atom stereocenters. The van der Waals surface area contributed by atoms with Gasteiger partial charge in [0, 0.05) is 12.1 Å². The molecule has 0 aromatic heterocycles. The summed E-state index contributed by atoms with van der Waals surface area (Å²) < 4.78 is 26.1. The third-order valence-corrected chi connectivity index (χ3v) is 6.43. The van der Waals surface area contributed by atoms with E-state index in [-0.39, 0.29) is 15.5 Å². The van der Waals surface area contributed by atoms with E-state index in [0.29, 0.717) is 6.54 Å². The van der Waals surface area contributed by atoms with E-state index in [2.05, 4.69) is 36.0 Å². The van der Waals surface area contributed by atoms with Crippen molar-refractivity contribution in [3.05, 3.63) is 64.2 Å². The number of carbonyl (C=O) groups excluding carboxylic acids is 1. The Morgan fingerprint density at radius 2 is 1.64 bits per heavy atom. The van der Waals surface area contributed by atoms with Gasteiger partial charge in [0.25, 0.3) is 5.91 Å². The Bertz CT molecular complexity index is 911. The summed E-state index contributed by atoms with van der Waals surface area (Å²) in [6.45, 7) is 7.81. The number of rotatable bonds is 9. The Labute approximate surface area is 171 Å². The zero-order valence-corrected chi connectivity index (χ0v) is 18.0. The van der Waals surface area contributed by atoms with E-state index >= 15 is 0 Å². The molecule has 0 heterocycles. The van der Waals surface area contributed by atoms with Crippen molar-refractivity contribution in [1.29, 1.82) is 0 Å². The smallest absolute Gasteiger partial charge is 0.253 e. The standard InChI is InChI=1S/C20H26ClN3O3S/c1-4-24(5-2)14-16-8-6-15(7-9-16)13-23-20(25)18-12-17(10-11-19(18)21)28(26,27)22-3/h6-12,22H,4-5,13-14H2,1-3H3,(H,23,25)/p+1. The minimum atomic E-state index is -3.65. The molecule has 6 nitrogen and oxygen atoms in total. The maximum Gasteiger partial charge on any atom is 0.253 e. The van der Waals surface area contributed by atoms with Crippen LogP contribution in [-0.2, 0) is 23.1 Å². The lowest BCUT2D eigenvalue weighted by atomic mass is 10.1. The molecule has 0 fully saturated rings. The van der Waals surface area contributed by atoms with Crippen molar-refractivity contribution in [1.82, 2.24) is 10.0 Å². The van der Waals surface area contributed by atoms with Gasteiger partial charge in [-0.25, -0.2) is 13.1 Å². The highest BCUT2D eigenvalue weighted by Gasteiger charge is 2.17. The Morgan fingerprint density at radius 3 is 2.21 bits per heavy atom. The quantitative estimate of drug-likeness (QED) is 0.572. The van der Waals surface area contributed by atoms with Crippen LogP contribution >= 0.6 is 11.6 Å². The molecule has 0 saturated carbocycles. The first-order chi connectivity index (χ1) is 13.3. The van der Waals surface area contributed by atoms with E-state index in [0.717, 1.165) is 25.2 Å². The van der Waals surface area contributed by atoms with Gasteiger partial charge in [0.1, 0.15) is 6.54 Å². The molecule has 2 aromatic carbocycles. The lowest BCUT2D eigenvalue weighted by Crippen LogP contribution is -3.10. The number of sulfonamides is 1. The molecule has 0 radical (unpaired) electrons. The number of benzene rings is 2. The van der Waals surface area contributed by atoms with Gasteiger partial charge in [0.05, 0.1) is 28.6 Å². The molecule has 3 N–H and O–H groups in total. The summed E-state index contributed by atoms with van der Waals surface area (Å²) in [5.41, 5.74) is 2.34. The highest BCUT2D eigenvalue weighted by molar-refractivity contribution is 7.89.